The van der Waals surface area contributed by atoms with Crippen LogP contribution < -0.4 is 5.14 Å². The lowest BCUT2D eigenvalue weighted by Crippen LogP contribution is -2.30. The van der Waals surface area contributed by atoms with Gasteiger partial charge in [-0.1, -0.05) is 12.1 Å². The minimum atomic E-state index is -3.73. The van der Waals surface area contributed by atoms with Crippen molar-refractivity contribution < 1.29 is 27.7 Å². The Kier molecular flexibility index (Phi) is 5.82. The fraction of sp³-hybridized carbons (Fsp3) is 0.333. The molecule has 0 saturated carbocycles. The van der Waals surface area contributed by atoms with Gasteiger partial charge in [0.2, 0.25) is 10.0 Å². The van der Waals surface area contributed by atoms with E-state index >= 15 is 0 Å². The Labute approximate surface area is 122 Å². The molecule has 1 rings (SSSR count). The van der Waals surface area contributed by atoms with Gasteiger partial charge in [0.1, 0.15) is 0 Å². The quantitative estimate of drug-likeness (QED) is 0.742. The lowest BCUT2D eigenvalue weighted by atomic mass is 10.1. The zero-order valence-corrected chi connectivity index (χ0v) is 12.4. The molecule has 0 heterocycles. The van der Waals surface area contributed by atoms with E-state index in [1.54, 1.807) is 12.1 Å². The van der Waals surface area contributed by atoms with Crippen molar-refractivity contribution in [3.63, 3.8) is 0 Å². The predicted molar refractivity (Wildman–Crippen MR) is 71.8 cm³/mol. The third-order valence-electron chi connectivity index (χ3n) is 2.30. The molecule has 21 heavy (non-hydrogen) atoms. The van der Waals surface area contributed by atoms with Crippen LogP contribution in [0.4, 0.5) is 0 Å². The number of rotatable bonds is 6. The van der Waals surface area contributed by atoms with Gasteiger partial charge in [-0.2, -0.15) is 0 Å². The third kappa shape index (κ3) is 6.34. The second kappa shape index (κ2) is 7.16. The van der Waals surface area contributed by atoms with Gasteiger partial charge < -0.3 is 9.68 Å². The van der Waals surface area contributed by atoms with E-state index in [2.05, 4.69) is 0 Å². The van der Waals surface area contributed by atoms with Crippen molar-refractivity contribution in [1.82, 2.24) is 5.23 Å². The minimum absolute atomic E-state index is 0.00285. The molecular formula is C12H16N2O6S. The maximum Gasteiger partial charge on any atom is 0.326 e. The normalized spacial score (nSPS) is 11.2. The molecule has 0 aliphatic carbocycles. The molecule has 0 atom stereocenters. The van der Waals surface area contributed by atoms with Crippen LogP contribution in [0.15, 0.2) is 29.2 Å². The number of primary sulfonamides is 1. The van der Waals surface area contributed by atoms with Crippen LogP contribution in [0, 0.1) is 0 Å². The van der Waals surface area contributed by atoms with Crippen molar-refractivity contribution in [1.29, 1.82) is 0 Å². The highest BCUT2D eigenvalue weighted by atomic mass is 32.2. The van der Waals surface area contributed by atoms with Gasteiger partial charge in [0.25, 0.3) is 0 Å². The first kappa shape index (κ1) is 17.1. The summed E-state index contributed by atoms with van der Waals surface area (Å²) in [5.41, 5.74) is 0.756. The van der Waals surface area contributed by atoms with Crippen LogP contribution in [-0.2, 0) is 35.7 Å². The van der Waals surface area contributed by atoms with Crippen molar-refractivity contribution in [2.75, 3.05) is 6.54 Å². The second-order valence-corrected chi connectivity index (χ2v) is 5.72. The summed E-state index contributed by atoms with van der Waals surface area (Å²) in [4.78, 5) is 31.1. The summed E-state index contributed by atoms with van der Waals surface area (Å²) >= 11 is 0. The molecule has 0 aliphatic rings. The maximum absolute atomic E-state index is 11.1. The van der Waals surface area contributed by atoms with E-state index in [9.17, 15) is 18.0 Å². The number of nitrogens with zero attached hydrogens (tertiary/aromatic N) is 1. The van der Waals surface area contributed by atoms with Gasteiger partial charge in [-0.05, 0) is 24.1 Å². The molecule has 0 aromatic heterocycles. The van der Waals surface area contributed by atoms with Crippen molar-refractivity contribution in [2.24, 2.45) is 5.14 Å². The van der Waals surface area contributed by atoms with Gasteiger partial charge in [0.05, 0.1) is 11.4 Å². The Hall–Kier alpha value is -1.97. The molecule has 0 saturated heterocycles. The number of hydrogen-bond donors (Lipinski definition) is 1. The first-order valence-corrected chi connectivity index (χ1v) is 7.49. The molecule has 0 spiro atoms. The fourth-order valence-electron chi connectivity index (χ4n) is 1.46. The number of benzene rings is 1. The number of hydrogen-bond acceptors (Lipinski definition) is 7. The Balaban J connectivity index is 2.67. The van der Waals surface area contributed by atoms with Gasteiger partial charge in [-0.3, -0.25) is 9.59 Å². The molecule has 116 valence electrons. The molecule has 9 heteroatoms. The number of hydroxylamine groups is 2. The first-order valence-electron chi connectivity index (χ1n) is 5.95. The highest BCUT2D eigenvalue weighted by molar-refractivity contribution is 7.89. The molecular weight excluding hydrogens is 300 g/mol. The smallest absolute Gasteiger partial charge is 0.326 e. The van der Waals surface area contributed by atoms with Crippen LogP contribution >= 0.6 is 0 Å². The highest BCUT2D eigenvalue weighted by Gasteiger charge is 2.13. The molecule has 1 aromatic rings. The fourth-order valence-corrected chi connectivity index (χ4v) is 1.98. The summed E-state index contributed by atoms with van der Waals surface area (Å²) in [6.45, 7) is 2.46. The van der Waals surface area contributed by atoms with Crippen molar-refractivity contribution in [3.8, 4) is 0 Å². The average Bonchev–Trinajstić information content (AvgIpc) is 2.34. The van der Waals surface area contributed by atoms with E-state index in [1.807, 2.05) is 0 Å². The van der Waals surface area contributed by atoms with Crippen LogP contribution in [0.1, 0.15) is 19.4 Å². The lowest BCUT2D eigenvalue weighted by Gasteiger charge is -2.17. The van der Waals surface area contributed by atoms with Crippen molar-refractivity contribution in [2.45, 2.75) is 25.2 Å². The summed E-state index contributed by atoms with van der Waals surface area (Å²) < 4.78 is 22.2. The topological polar surface area (TPSA) is 116 Å². The lowest BCUT2D eigenvalue weighted by molar-refractivity contribution is -0.322. The molecule has 0 bridgehead atoms. The molecule has 0 amide bonds. The van der Waals surface area contributed by atoms with Crippen molar-refractivity contribution in [3.05, 3.63) is 29.8 Å². The monoisotopic (exact) mass is 316 g/mol. The van der Waals surface area contributed by atoms with Gasteiger partial charge in [0.15, 0.2) is 0 Å². The SMILES string of the molecule is CC(=O)ON(CCc1ccc(S(N)(=O)=O)cc1)OC(C)=O. The van der Waals surface area contributed by atoms with E-state index in [-0.39, 0.29) is 11.4 Å². The molecule has 0 aliphatic heterocycles. The van der Waals surface area contributed by atoms with Gasteiger partial charge in [0, 0.05) is 19.1 Å². The molecule has 2 N–H and O–H groups in total. The summed E-state index contributed by atoms with van der Waals surface area (Å²) in [7, 11) is -3.73. The molecule has 0 fully saturated rings. The average molecular weight is 316 g/mol. The Bertz CT molecular complexity index is 595. The minimum Gasteiger partial charge on any atom is -0.333 e. The van der Waals surface area contributed by atoms with Crippen LogP contribution in [0.2, 0.25) is 0 Å². The molecule has 0 unspecified atom stereocenters. The molecule has 0 radical (unpaired) electrons. The summed E-state index contributed by atoms with van der Waals surface area (Å²) in [6, 6.07) is 5.87. The Morgan fingerprint density at radius 2 is 1.57 bits per heavy atom. The standard InChI is InChI=1S/C12H16N2O6S/c1-9(15)19-14(20-10(2)16)8-7-11-3-5-12(6-4-11)21(13,17)18/h3-6H,7-8H2,1-2H3,(H2,13,17,18). The second-order valence-electron chi connectivity index (χ2n) is 4.16. The zero-order chi connectivity index (χ0) is 16.0. The maximum atomic E-state index is 11.1. The first-order chi connectivity index (χ1) is 9.68. The van der Waals surface area contributed by atoms with Gasteiger partial charge in [-0.25, -0.2) is 13.6 Å². The molecule has 8 nitrogen and oxygen atoms in total. The summed E-state index contributed by atoms with van der Waals surface area (Å²) in [6.07, 6.45) is 0.367. The van der Waals surface area contributed by atoms with E-state index in [0.29, 0.717) is 6.42 Å². The predicted octanol–water partition coefficient (Wildman–Crippen LogP) is 0.135. The Morgan fingerprint density at radius 1 is 1.10 bits per heavy atom. The number of carbonyl (C=O) groups excluding carboxylic acids is 2. The van der Waals surface area contributed by atoms with E-state index in [1.165, 1.54) is 26.0 Å². The Morgan fingerprint density at radius 3 is 1.95 bits per heavy atom. The van der Waals surface area contributed by atoms with Gasteiger partial charge in [-0.15, -0.1) is 0 Å². The van der Waals surface area contributed by atoms with E-state index in [0.717, 1.165) is 10.8 Å². The largest absolute Gasteiger partial charge is 0.333 e. The summed E-state index contributed by atoms with van der Waals surface area (Å²) in [5.74, 6) is -1.25. The van der Waals surface area contributed by atoms with Crippen LogP contribution in [0.3, 0.4) is 0 Å². The van der Waals surface area contributed by atoms with Crippen LogP contribution in [0.5, 0.6) is 0 Å². The highest BCUT2D eigenvalue weighted by Crippen LogP contribution is 2.10. The van der Waals surface area contributed by atoms with Crippen LogP contribution in [-0.4, -0.2) is 32.1 Å². The van der Waals surface area contributed by atoms with Gasteiger partial charge >= 0.3 is 11.9 Å². The number of nitrogens with two attached hydrogens (primary N) is 1. The zero-order valence-electron chi connectivity index (χ0n) is 11.6. The van der Waals surface area contributed by atoms with Crippen LogP contribution in [0.25, 0.3) is 0 Å². The molecule has 1 aromatic carbocycles. The summed E-state index contributed by atoms with van der Waals surface area (Å²) in [5, 5.41) is 5.76. The van der Waals surface area contributed by atoms with Crippen molar-refractivity contribution >= 4 is 22.0 Å². The number of carbonyl (C=O) groups is 2. The van der Waals surface area contributed by atoms with E-state index < -0.39 is 22.0 Å². The third-order valence-corrected chi connectivity index (χ3v) is 3.22. The van der Waals surface area contributed by atoms with E-state index in [4.69, 9.17) is 14.8 Å². The number of sulfonamides is 1.